The monoisotopic (exact) mass is 499 g/mol. The Morgan fingerprint density at radius 2 is 1.64 bits per heavy atom. The summed E-state index contributed by atoms with van der Waals surface area (Å²) in [6.45, 7) is 2.03. The molecule has 3 atom stereocenters. The normalized spacial score (nSPS) is 14.5. The molecule has 0 aromatic heterocycles. The average molecular weight is 500 g/mol. The molecule has 9 nitrogen and oxygen atoms in total. The van der Waals surface area contributed by atoms with Crippen LogP contribution in [-0.4, -0.2) is 71.3 Å². The summed E-state index contributed by atoms with van der Waals surface area (Å²) >= 11 is 0. The summed E-state index contributed by atoms with van der Waals surface area (Å²) in [6.07, 6.45) is -0.341. The van der Waals surface area contributed by atoms with Crippen molar-refractivity contribution in [2.45, 2.75) is 44.7 Å². The molecule has 0 aliphatic rings. The molecule has 0 radical (unpaired) electrons. The van der Waals surface area contributed by atoms with Gasteiger partial charge in [-0.25, -0.2) is 4.79 Å². The maximum atomic E-state index is 13.4. The second-order valence-corrected chi connectivity index (χ2v) is 8.25. The summed E-state index contributed by atoms with van der Waals surface area (Å²) in [6, 6.07) is 15.9. The molecule has 0 saturated heterocycles. The molecule has 2 unspecified atom stereocenters. The second-order valence-electron chi connectivity index (χ2n) is 8.25. The lowest BCUT2D eigenvalue weighted by Crippen LogP contribution is -2.64. The van der Waals surface area contributed by atoms with Gasteiger partial charge in [0.2, 0.25) is 11.4 Å². The first-order valence-corrected chi connectivity index (χ1v) is 11.4. The van der Waals surface area contributed by atoms with E-state index in [1.54, 1.807) is 24.3 Å². The van der Waals surface area contributed by atoms with E-state index in [1.807, 2.05) is 30.3 Å². The number of carbonyl (C=O) groups excluding carboxylic acids is 3. The van der Waals surface area contributed by atoms with E-state index in [2.05, 4.69) is 0 Å². The van der Waals surface area contributed by atoms with Crippen molar-refractivity contribution in [3.63, 3.8) is 0 Å². The lowest BCUT2D eigenvalue weighted by atomic mass is 9.91. The lowest BCUT2D eigenvalue weighted by Gasteiger charge is -2.39. The van der Waals surface area contributed by atoms with Gasteiger partial charge in [0.15, 0.2) is 5.78 Å². The molecule has 2 rings (SSSR count). The van der Waals surface area contributed by atoms with Gasteiger partial charge in [-0.1, -0.05) is 42.5 Å². The van der Waals surface area contributed by atoms with Crippen molar-refractivity contribution in [2.75, 3.05) is 20.8 Å². The predicted molar refractivity (Wildman–Crippen MR) is 132 cm³/mol. The number of ketones is 1. The van der Waals surface area contributed by atoms with Crippen LogP contribution in [-0.2, 0) is 37.0 Å². The highest BCUT2D eigenvalue weighted by Gasteiger charge is 2.52. The minimum atomic E-state index is -2.11. The number of benzene rings is 2. The highest BCUT2D eigenvalue weighted by molar-refractivity contribution is 6.11. The third kappa shape index (κ3) is 7.24. The number of nitrogens with zero attached hydrogens (tertiary/aromatic N) is 1. The number of aliphatic hydroxyl groups excluding tert-OH is 2. The van der Waals surface area contributed by atoms with Gasteiger partial charge in [-0.3, -0.25) is 9.59 Å². The molecule has 2 aromatic rings. The average Bonchev–Trinajstić information content (AvgIpc) is 2.88. The fourth-order valence-corrected chi connectivity index (χ4v) is 3.49. The molecule has 2 N–H and O–H groups in total. The number of rotatable bonds is 13. The third-order valence-corrected chi connectivity index (χ3v) is 5.68. The molecule has 0 heterocycles. The molecule has 0 spiro atoms. The van der Waals surface area contributed by atoms with E-state index in [9.17, 15) is 24.6 Å². The van der Waals surface area contributed by atoms with Crippen LogP contribution in [0.15, 0.2) is 66.7 Å². The molecule has 0 aliphatic carbocycles. The van der Waals surface area contributed by atoms with E-state index in [0.29, 0.717) is 11.3 Å². The van der Waals surface area contributed by atoms with E-state index >= 15 is 0 Å². The molecule has 2 aromatic carbocycles. The first-order chi connectivity index (χ1) is 17.1. The highest BCUT2D eigenvalue weighted by atomic mass is 16.5. The smallest absolute Gasteiger partial charge is 0.342 e. The zero-order valence-electron chi connectivity index (χ0n) is 20.9. The van der Waals surface area contributed by atoms with E-state index in [4.69, 9.17) is 14.2 Å². The van der Waals surface area contributed by atoms with Crippen molar-refractivity contribution in [1.82, 2.24) is 4.90 Å². The molecule has 194 valence electrons. The van der Waals surface area contributed by atoms with E-state index in [0.717, 1.165) is 29.7 Å². The van der Waals surface area contributed by atoms with E-state index in [1.165, 1.54) is 21.0 Å². The zero-order chi connectivity index (χ0) is 26.7. The summed E-state index contributed by atoms with van der Waals surface area (Å²) in [5.41, 5.74) is -0.695. The summed E-state index contributed by atoms with van der Waals surface area (Å²) < 4.78 is 15.9. The summed E-state index contributed by atoms with van der Waals surface area (Å²) in [7, 11) is 2.64. The fourth-order valence-electron chi connectivity index (χ4n) is 3.49. The standard InChI is InChI=1S/C27H33NO8/c1-19(29)24(31)14-15-25(32)28(16-21-10-12-23(34-3)13-11-21)27(20(2)30,26(33)35-4)18-36-17-22-8-6-5-7-9-22/h5-15,19,24,29,31H,16-18H2,1-4H3/b15-14+/t19?,24?,27-/m1/s1. The van der Waals surface area contributed by atoms with E-state index in [-0.39, 0.29) is 13.2 Å². The van der Waals surface area contributed by atoms with Gasteiger partial charge in [-0.2, -0.15) is 0 Å². The number of hydrogen-bond acceptors (Lipinski definition) is 8. The number of methoxy groups -OCH3 is 2. The van der Waals surface area contributed by atoms with Crippen LogP contribution in [0.3, 0.4) is 0 Å². The Hall–Kier alpha value is -3.53. The summed E-state index contributed by atoms with van der Waals surface area (Å²) in [4.78, 5) is 40.7. The maximum absolute atomic E-state index is 13.4. The summed E-state index contributed by atoms with van der Waals surface area (Å²) in [5, 5.41) is 19.5. The lowest BCUT2D eigenvalue weighted by molar-refractivity contribution is -0.171. The molecule has 0 bridgehead atoms. The fraction of sp³-hybridized carbons (Fsp3) is 0.370. The molecule has 0 aliphatic heterocycles. The highest BCUT2D eigenvalue weighted by Crippen LogP contribution is 2.25. The number of amides is 1. The van der Waals surface area contributed by atoms with Gasteiger partial charge in [0.1, 0.15) is 5.75 Å². The molecular formula is C27H33NO8. The van der Waals surface area contributed by atoms with Crippen molar-refractivity contribution in [1.29, 1.82) is 0 Å². The van der Waals surface area contributed by atoms with Crippen molar-refractivity contribution in [3.05, 3.63) is 77.9 Å². The molecule has 1 amide bonds. The third-order valence-electron chi connectivity index (χ3n) is 5.68. The molecule has 9 heteroatoms. The number of Topliss-reactive ketones (excluding diaryl/α,β-unsaturated/α-hetero) is 1. The molecule has 36 heavy (non-hydrogen) atoms. The van der Waals surface area contributed by atoms with E-state index < -0.39 is 42.0 Å². The van der Waals surface area contributed by atoms with Gasteiger partial charge in [0.05, 0.1) is 39.6 Å². The van der Waals surface area contributed by atoms with Crippen LogP contribution < -0.4 is 4.74 Å². The van der Waals surface area contributed by atoms with Gasteiger partial charge in [-0.05, 0) is 43.2 Å². The van der Waals surface area contributed by atoms with Gasteiger partial charge in [0.25, 0.3) is 0 Å². The largest absolute Gasteiger partial charge is 0.497 e. The van der Waals surface area contributed by atoms with Crippen LogP contribution in [0.5, 0.6) is 5.75 Å². The van der Waals surface area contributed by atoms with Gasteiger partial charge < -0.3 is 29.3 Å². The molecule has 0 fully saturated rings. The van der Waals surface area contributed by atoms with Crippen molar-refractivity contribution in [2.24, 2.45) is 0 Å². The number of aliphatic hydroxyl groups is 2. The number of carbonyl (C=O) groups is 3. The molecular weight excluding hydrogens is 466 g/mol. The number of hydrogen-bond donors (Lipinski definition) is 2. The Balaban J connectivity index is 2.50. The van der Waals surface area contributed by atoms with Crippen molar-refractivity contribution in [3.8, 4) is 5.75 Å². The Bertz CT molecular complexity index is 1040. The Kier molecular flexibility index (Phi) is 10.8. The Morgan fingerprint density at radius 1 is 1.00 bits per heavy atom. The molecule has 0 saturated carbocycles. The zero-order valence-corrected chi connectivity index (χ0v) is 20.9. The van der Waals surface area contributed by atoms with Crippen molar-refractivity contribution < 1.29 is 38.8 Å². The van der Waals surface area contributed by atoms with Crippen LogP contribution in [0, 0.1) is 0 Å². The first-order valence-electron chi connectivity index (χ1n) is 11.4. The maximum Gasteiger partial charge on any atom is 0.342 e. The minimum absolute atomic E-state index is 0.0913. The van der Waals surface area contributed by atoms with Gasteiger partial charge in [-0.15, -0.1) is 0 Å². The first kappa shape index (κ1) is 28.7. The van der Waals surface area contributed by atoms with Crippen LogP contribution in [0.25, 0.3) is 0 Å². The predicted octanol–water partition coefficient (Wildman–Crippen LogP) is 2.04. The minimum Gasteiger partial charge on any atom is -0.497 e. The van der Waals surface area contributed by atoms with Crippen LogP contribution in [0.1, 0.15) is 25.0 Å². The van der Waals surface area contributed by atoms with Gasteiger partial charge >= 0.3 is 5.97 Å². The Labute approximate surface area is 210 Å². The van der Waals surface area contributed by atoms with Crippen LogP contribution in [0.4, 0.5) is 0 Å². The van der Waals surface area contributed by atoms with Crippen LogP contribution >= 0.6 is 0 Å². The second kappa shape index (κ2) is 13.5. The quantitative estimate of drug-likeness (QED) is 0.244. The van der Waals surface area contributed by atoms with Crippen molar-refractivity contribution >= 4 is 17.7 Å². The SMILES string of the molecule is COC(=O)[C@@](COCc1ccccc1)(C(C)=O)N(Cc1ccc(OC)cc1)C(=O)/C=C/C(O)C(C)O. The number of ether oxygens (including phenoxy) is 3. The summed E-state index contributed by atoms with van der Waals surface area (Å²) in [5.74, 6) is -1.79. The Morgan fingerprint density at radius 3 is 2.17 bits per heavy atom. The topological polar surface area (TPSA) is 123 Å². The number of esters is 1. The van der Waals surface area contributed by atoms with Crippen LogP contribution in [0.2, 0.25) is 0 Å². The van der Waals surface area contributed by atoms with Gasteiger partial charge in [0, 0.05) is 12.6 Å².